The maximum atomic E-state index is 12.1. The van der Waals surface area contributed by atoms with Crippen molar-refractivity contribution < 1.29 is 4.79 Å². The van der Waals surface area contributed by atoms with E-state index < -0.39 is 0 Å². The monoisotopic (exact) mass is 262 g/mol. The highest BCUT2D eigenvalue weighted by Gasteiger charge is 2.24. The van der Waals surface area contributed by atoms with Gasteiger partial charge >= 0.3 is 0 Å². The van der Waals surface area contributed by atoms with Crippen LogP contribution in [0.25, 0.3) is 0 Å². The summed E-state index contributed by atoms with van der Waals surface area (Å²) in [4.78, 5) is 18.3. The number of hydrogen-bond donors (Lipinski definition) is 2. The summed E-state index contributed by atoms with van der Waals surface area (Å²) in [6.45, 7) is 3.10. The third-order valence-electron chi connectivity index (χ3n) is 3.46. The number of pyridine rings is 1. The summed E-state index contributed by atoms with van der Waals surface area (Å²) in [5.74, 6) is 1.51. The minimum atomic E-state index is -0.0859. The molecule has 1 aromatic rings. The molecular weight excluding hydrogens is 240 g/mol. The van der Waals surface area contributed by atoms with Gasteiger partial charge in [-0.1, -0.05) is 6.92 Å². The van der Waals surface area contributed by atoms with Crippen LogP contribution >= 0.6 is 0 Å². The lowest BCUT2D eigenvalue weighted by Crippen LogP contribution is -2.45. The molecule has 1 aliphatic heterocycles. The van der Waals surface area contributed by atoms with Gasteiger partial charge in [-0.05, 0) is 37.4 Å². The van der Waals surface area contributed by atoms with E-state index in [1.54, 1.807) is 6.20 Å². The average Bonchev–Trinajstić information content (AvgIpc) is 2.39. The second-order valence-corrected chi connectivity index (χ2v) is 5.43. The lowest BCUT2D eigenvalue weighted by molar-refractivity contribution is -0.119. The van der Waals surface area contributed by atoms with Gasteiger partial charge in [-0.15, -0.1) is 0 Å². The standard InChI is InChI=1S/C14H22N4O/c1-10-6-7-15-12(8-10)14(19)17-11-4-5-13(16-9-11)18(2)3/h4-5,9-10,12,15H,6-8H2,1-3H3,(H,17,19). The van der Waals surface area contributed by atoms with Crippen molar-refractivity contribution in [2.45, 2.75) is 25.8 Å². The number of anilines is 2. The summed E-state index contributed by atoms with van der Waals surface area (Å²) in [5.41, 5.74) is 0.746. The molecule has 19 heavy (non-hydrogen) atoms. The Labute approximate surface area is 114 Å². The number of aromatic nitrogens is 1. The van der Waals surface area contributed by atoms with Crippen LogP contribution in [-0.4, -0.2) is 37.6 Å². The lowest BCUT2D eigenvalue weighted by atomic mass is 9.94. The Balaban J connectivity index is 1.94. The Morgan fingerprint density at radius 2 is 2.26 bits per heavy atom. The number of carbonyl (C=O) groups is 1. The zero-order valence-corrected chi connectivity index (χ0v) is 11.8. The molecule has 0 radical (unpaired) electrons. The Morgan fingerprint density at radius 3 is 2.84 bits per heavy atom. The van der Waals surface area contributed by atoms with Gasteiger partial charge < -0.3 is 15.5 Å². The summed E-state index contributed by atoms with van der Waals surface area (Å²) in [6.07, 6.45) is 3.73. The molecule has 2 rings (SSSR count). The maximum Gasteiger partial charge on any atom is 0.241 e. The fourth-order valence-corrected chi connectivity index (χ4v) is 2.26. The molecule has 1 fully saturated rings. The normalized spacial score (nSPS) is 22.9. The Hall–Kier alpha value is -1.62. The van der Waals surface area contributed by atoms with Crippen LogP contribution in [-0.2, 0) is 4.79 Å². The first-order valence-electron chi connectivity index (χ1n) is 6.74. The van der Waals surface area contributed by atoms with E-state index in [1.165, 1.54) is 0 Å². The fourth-order valence-electron chi connectivity index (χ4n) is 2.26. The highest BCUT2D eigenvalue weighted by molar-refractivity contribution is 5.94. The predicted molar refractivity (Wildman–Crippen MR) is 77.4 cm³/mol. The summed E-state index contributed by atoms with van der Waals surface area (Å²) < 4.78 is 0. The molecule has 2 unspecified atom stereocenters. The first-order valence-corrected chi connectivity index (χ1v) is 6.74. The topological polar surface area (TPSA) is 57.3 Å². The highest BCUT2D eigenvalue weighted by atomic mass is 16.2. The van der Waals surface area contributed by atoms with Gasteiger partial charge in [-0.25, -0.2) is 4.98 Å². The molecule has 1 aliphatic rings. The minimum absolute atomic E-state index is 0.0333. The number of amides is 1. The lowest BCUT2D eigenvalue weighted by Gasteiger charge is -2.27. The largest absolute Gasteiger partial charge is 0.363 e. The van der Waals surface area contributed by atoms with Crippen molar-refractivity contribution in [3.05, 3.63) is 18.3 Å². The van der Waals surface area contributed by atoms with Crippen molar-refractivity contribution in [2.75, 3.05) is 30.9 Å². The molecule has 2 N–H and O–H groups in total. The Kier molecular flexibility index (Phi) is 4.37. The van der Waals surface area contributed by atoms with Crippen LogP contribution in [0.1, 0.15) is 19.8 Å². The third-order valence-corrected chi connectivity index (χ3v) is 3.46. The summed E-state index contributed by atoms with van der Waals surface area (Å²) in [5, 5.41) is 6.17. The fraction of sp³-hybridized carbons (Fsp3) is 0.571. The number of piperidine rings is 1. The molecule has 0 aromatic carbocycles. The summed E-state index contributed by atoms with van der Waals surface area (Å²) >= 11 is 0. The number of nitrogens with zero attached hydrogens (tertiary/aromatic N) is 2. The molecule has 0 bridgehead atoms. The zero-order valence-electron chi connectivity index (χ0n) is 11.8. The Morgan fingerprint density at radius 1 is 1.47 bits per heavy atom. The van der Waals surface area contributed by atoms with E-state index in [-0.39, 0.29) is 11.9 Å². The van der Waals surface area contributed by atoms with Crippen LogP contribution in [0.5, 0.6) is 0 Å². The van der Waals surface area contributed by atoms with E-state index >= 15 is 0 Å². The molecule has 1 amide bonds. The van der Waals surface area contributed by atoms with Gasteiger partial charge in [0.15, 0.2) is 0 Å². The van der Waals surface area contributed by atoms with Crippen LogP contribution in [0.2, 0.25) is 0 Å². The highest BCUT2D eigenvalue weighted by Crippen LogP contribution is 2.17. The van der Waals surface area contributed by atoms with Crippen LogP contribution in [0.15, 0.2) is 18.3 Å². The second-order valence-electron chi connectivity index (χ2n) is 5.43. The van der Waals surface area contributed by atoms with Gasteiger partial charge in [0.05, 0.1) is 17.9 Å². The Bertz CT molecular complexity index is 430. The van der Waals surface area contributed by atoms with E-state index in [0.717, 1.165) is 30.9 Å². The quantitative estimate of drug-likeness (QED) is 0.866. The number of hydrogen-bond acceptors (Lipinski definition) is 4. The molecule has 1 aromatic heterocycles. The number of nitrogens with one attached hydrogen (secondary N) is 2. The van der Waals surface area contributed by atoms with Crippen LogP contribution in [0.3, 0.4) is 0 Å². The molecule has 5 nitrogen and oxygen atoms in total. The number of carbonyl (C=O) groups excluding carboxylic acids is 1. The van der Waals surface area contributed by atoms with Crippen molar-refractivity contribution in [3.63, 3.8) is 0 Å². The van der Waals surface area contributed by atoms with E-state index in [4.69, 9.17) is 0 Å². The molecule has 0 spiro atoms. The zero-order chi connectivity index (χ0) is 13.8. The van der Waals surface area contributed by atoms with Gasteiger partial charge in [-0.2, -0.15) is 0 Å². The molecule has 1 saturated heterocycles. The van der Waals surface area contributed by atoms with Gasteiger partial charge in [0.2, 0.25) is 5.91 Å². The van der Waals surface area contributed by atoms with Crippen molar-refractivity contribution in [1.29, 1.82) is 0 Å². The number of rotatable bonds is 3. The molecule has 0 saturated carbocycles. The van der Waals surface area contributed by atoms with Gasteiger partial charge in [0.25, 0.3) is 0 Å². The predicted octanol–water partition coefficient (Wildman–Crippen LogP) is 1.47. The molecular formula is C14H22N4O. The first kappa shape index (κ1) is 13.8. The third kappa shape index (κ3) is 3.67. The van der Waals surface area contributed by atoms with Crippen molar-refractivity contribution in [1.82, 2.24) is 10.3 Å². The van der Waals surface area contributed by atoms with Gasteiger partial charge in [-0.3, -0.25) is 4.79 Å². The minimum Gasteiger partial charge on any atom is -0.363 e. The van der Waals surface area contributed by atoms with E-state index in [1.807, 2.05) is 31.1 Å². The maximum absolute atomic E-state index is 12.1. The molecule has 104 valence electrons. The summed E-state index contributed by atoms with van der Waals surface area (Å²) in [6, 6.07) is 3.69. The molecule has 5 heteroatoms. The smallest absolute Gasteiger partial charge is 0.241 e. The molecule has 2 heterocycles. The van der Waals surface area contributed by atoms with Crippen LogP contribution in [0, 0.1) is 5.92 Å². The first-order chi connectivity index (χ1) is 9.06. The van der Waals surface area contributed by atoms with Crippen molar-refractivity contribution in [3.8, 4) is 0 Å². The molecule has 0 aliphatic carbocycles. The van der Waals surface area contributed by atoms with E-state index in [2.05, 4.69) is 22.5 Å². The van der Waals surface area contributed by atoms with Crippen LogP contribution < -0.4 is 15.5 Å². The van der Waals surface area contributed by atoms with E-state index in [9.17, 15) is 4.79 Å². The van der Waals surface area contributed by atoms with Crippen molar-refractivity contribution in [2.24, 2.45) is 5.92 Å². The van der Waals surface area contributed by atoms with Crippen LogP contribution in [0.4, 0.5) is 11.5 Å². The average molecular weight is 262 g/mol. The molecule has 2 atom stereocenters. The van der Waals surface area contributed by atoms with E-state index in [0.29, 0.717) is 5.92 Å². The second kappa shape index (κ2) is 6.02. The summed E-state index contributed by atoms with van der Waals surface area (Å²) in [7, 11) is 3.88. The van der Waals surface area contributed by atoms with Crippen molar-refractivity contribution >= 4 is 17.4 Å². The van der Waals surface area contributed by atoms with Gasteiger partial charge in [0, 0.05) is 14.1 Å². The van der Waals surface area contributed by atoms with Gasteiger partial charge in [0.1, 0.15) is 5.82 Å². The SMILES string of the molecule is CC1CCNC(C(=O)Nc2ccc(N(C)C)nc2)C1.